The summed E-state index contributed by atoms with van der Waals surface area (Å²) in [6, 6.07) is 25.3. The Balaban J connectivity index is 1.58. The second kappa shape index (κ2) is 11.0. The van der Waals surface area contributed by atoms with Crippen molar-refractivity contribution >= 4 is 11.6 Å². The molecule has 0 saturated carbocycles. The molecule has 0 bridgehead atoms. The maximum Gasteiger partial charge on any atom is 0.219 e. The minimum absolute atomic E-state index is 0.133. The molecule has 0 aliphatic rings. The van der Waals surface area contributed by atoms with Crippen molar-refractivity contribution in [2.24, 2.45) is 5.73 Å². The quantitative estimate of drug-likeness (QED) is 0.496. The fourth-order valence-electron chi connectivity index (χ4n) is 3.24. The molecule has 0 radical (unpaired) electrons. The number of nitrogens with zero attached hydrogens (tertiary/aromatic N) is 1. The number of hydrogen-bond donors (Lipinski definition) is 2. The lowest BCUT2D eigenvalue weighted by atomic mass is 10.1. The van der Waals surface area contributed by atoms with Crippen LogP contribution in [0.5, 0.6) is 11.5 Å². The summed E-state index contributed by atoms with van der Waals surface area (Å²) in [4.78, 5) is 13.2. The number of rotatable bonds is 11. The van der Waals surface area contributed by atoms with Gasteiger partial charge in [0.25, 0.3) is 0 Å². The van der Waals surface area contributed by atoms with Crippen LogP contribution in [-0.4, -0.2) is 43.9 Å². The number of ether oxygens (including phenoxy) is 2. The predicted molar refractivity (Wildman–Crippen MR) is 122 cm³/mol. The van der Waals surface area contributed by atoms with E-state index >= 15 is 0 Å². The molecule has 3 aromatic carbocycles. The predicted octanol–water partition coefficient (Wildman–Crippen LogP) is 3.48. The highest BCUT2D eigenvalue weighted by atomic mass is 16.5. The lowest BCUT2D eigenvalue weighted by Crippen LogP contribution is -2.37. The van der Waals surface area contributed by atoms with E-state index in [4.69, 9.17) is 15.2 Å². The van der Waals surface area contributed by atoms with Crippen LogP contribution in [0.3, 0.4) is 0 Å². The maximum absolute atomic E-state index is 11.3. The second-order valence-corrected chi connectivity index (χ2v) is 7.22. The van der Waals surface area contributed by atoms with Gasteiger partial charge in [0, 0.05) is 25.2 Å². The standard InChI is InChI=1S/C25H28N2O4/c1-30-23-13-9-21(10-14-23)27(16-15-25(26)29)17-22(28)18-31-24-11-7-20(8-12-24)19-5-3-2-4-6-19/h2-14,22,28H,15-18H2,1H3,(H2,26,29). The van der Waals surface area contributed by atoms with Gasteiger partial charge in [0.1, 0.15) is 24.2 Å². The minimum Gasteiger partial charge on any atom is -0.497 e. The molecule has 6 nitrogen and oxygen atoms in total. The molecule has 3 rings (SSSR count). The van der Waals surface area contributed by atoms with E-state index in [1.807, 2.05) is 71.6 Å². The number of amides is 1. The van der Waals surface area contributed by atoms with Crippen LogP contribution in [0.1, 0.15) is 6.42 Å². The summed E-state index contributed by atoms with van der Waals surface area (Å²) in [7, 11) is 1.60. The van der Waals surface area contributed by atoms with E-state index < -0.39 is 6.10 Å². The Labute approximate surface area is 182 Å². The summed E-state index contributed by atoms with van der Waals surface area (Å²) >= 11 is 0. The van der Waals surface area contributed by atoms with Crippen LogP contribution in [0, 0.1) is 0 Å². The number of carbonyl (C=O) groups excluding carboxylic acids is 1. The summed E-state index contributed by atoms with van der Waals surface area (Å²) in [5.41, 5.74) is 8.42. The van der Waals surface area contributed by atoms with Gasteiger partial charge >= 0.3 is 0 Å². The highest BCUT2D eigenvalue weighted by molar-refractivity contribution is 5.74. The molecule has 1 unspecified atom stereocenters. The lowest BCUT2D eigenvalue weighted by molar-refractivity contribution is -0.117. The van der Waals surface area contributed by atoms with Gasteiger partial charge in [-0.2, -0.15) is 0 Å². The first-order chi connectivity index (χ1) is 15.0. The number of aliphatic hydroxyl groups is 1. The fourth-order valence-corrected chi connectivity index (χ4v) is 3.24. The molecule has 0 aliphatic heterocycles. The molecule has 6 heteroatoms. The third kappa shape index (κ3) is 6.76. The van der Waals surface area contributed by atoms with Crippen LogP contribution in [0.4, 0.5) is 5.69 Å². The summed E-state index contributed by atoms with van der Waals surface area (Å²) in [6.45, 7) is 0.847. The maximum atomic E-state index is 11.3. The van der Waals surface area contributed by atoms with Crippen molar-refractivity contribution in [3.63, 3.8) is 0 Å². The van der Waals surface area contributed by atoms with E-state index in [9.17, 15) is 9.90 Å². The van der Waals surface area contributed by atoms with Crippen molar-refractivity contribution in [1.82, 2.24) is 0 Å². The van der Waals surface area contributed by atoms with Crippen LogP contribution in [-0.2, 0) is 4.79 Å². The van der Waals surface area contributed by atoms with Crippen molar-refractivity contribution in [2.45, 2.75) is 12.5 Å². The zero-order valence-electron chi connectivity index (χ0n) is 17.6. The molecular weight excluding hydrogens is 392 g/mol. The van der Waals surface area contributed by atoms with Crippen molar-refractivity contribution in [1.29, 1.82) is 0 Å². The first-order valence-corrected chi connectivity index (χ1v) is 10.2. The Morgan fingerprint density at radius 2 is 1.55 bits per heavy atom. The first-order valence-electron chi connectivity index (χ1n) is 10.2. The SMILES string of the molecule is COc1ccc(N(CCC(N)=O)CC(O)COc2ccc(-c3ccccc3)cc2)cc1. The molecular formula is C25H28N2O4. The van der Waals surface area contributed by atoms with E-state index in [1.54, 1.807) is 7.11 Å². The number of anilines is 1. The van der Waals surface area contributed by atoms with Crippen LogP contribution in [0.15, 0.2) is 78.9 Å². The van der Waals surface area contributed by atoms with Crippen LogP contribution >= 0.6 is 0 Å². The van der Waals surface area contributed by atoms with Crippen molar-refractivity contribution < 1.29 is 19.4 Å². The van der Waals surface area contributed by atoms with Gasteiger partial charge in [-0.05, 0) is 47.5 Å². The Kier molecular flexibility index (Phi) is 7.90. The molecule has 31 heavy (non-hydrogen) atoms. The summed E-state index contributed by atoms with van der Waals surface area (Å²) in [5.74, 6) is 1.04. The number of benzene rings is 3. The number of nitrogens with two attached hydrogens (primary N) is 1. The third-order valence-corrected chi connectivity index (χ3v) is 4.90. The molecule has 0 saturated heterocycles. The van der Waals surface area contributed by atoms with Crippen molar-refractivity contribution in [3.8, 4) is 22.6 Å². The largest absolute Gasteiger partial charge is 0.497 e. The molecule has 0 fully saturated rings. The molecule has 0 spiro atoms. The highest BCUT2D eigenvalue weighted by Gasteiger charge is 2.15. The zero-order chi connectivity index (χ0) is 22.1. The van der Waals surface area contributed by atoms with Crippen LogP contribution in [0.25, 0.3) is 11.1 Å². The smallest absolute Gasteiger partial charge is 0.219 e. The first kappa shape index (κ1) is 22.2. The Bertz CT molecular complexity index is 944. The average Bonchev–Trinajstić information content (AvgIpc) is 2.81. The molecule has 162 valence electrons. The van der Waals surface area contributed by atoms with Gasteiger partial charge in [0.05, 0.1) is 7.11 Å². The van der Waals surface area contributed by atoms with Crippen LogP contribution in [0.2, 0.25) is 0 Å². The molecule has 1 amide bonds. The van der Waals surface area contributed by atoms with Gasteiger partial charge in [-0.15, -0.1) is 0 Å². The van der Waals surface area contributed by atoms with Crippen molar-refractivity contribution in [2.75, 3.05) is 31.7 Å². The number of primary amides is 1. The van der Waals surface area contributed by atoms with Gasteiger partial charge < -0.3 is 25.2 Å². The molecule has 3 aromatic rings. The average molecular weight is 421 g/mol. The van der Waals surface area contributed by atoms with E-state index in [0.29, 0.717) is 18.8 Å². The number of hydrogen-bond acceptors (Lipinski definition) is 5. The number of carbonyl (C=O) groups is 1. The molecule has 0 heterocycles. The van der Waals surface area contributed by atoms with Gasteiger partial charge in [-0.3, -0.25) is 4.79 Å². The number of aliphatic hydroxyl groups excluding tert-OH is 1. The topological polar surface area (TPSA) is 85.0 Å². The summed E-state index contributed by atoms with van der Waals surface area (Å²) in [6.07, 6.45) is -0.552. The molecule has 0 aromatic heterocycles. The normalized spacial score (nSPS) is 11.5. The molecule has 0 aliphatic carbocycles. The Morgan fingerprint density at radius 1 is 0.935 bits per heavy atom. The Hall–Kier alpha value is -3.51. The van der Waals surface area contributed by atoms with Crippen LogP contribution < -0.4 is 20.1 Å². The zero-order valence-corrected chi connectivity index (χ0v) is 17.6. The summed E-state index contributed by atoms with van der Waals surface area (Å²) < 4.78 is 11.0. The van der Waals surface area contributed by atoms with E-state index in [-0.39, 0.29) is 18.9 Å². The van der Waals surface area contributed by atoms with Gasteiger partial charge in [-0.1, -0.05) is 42.5 Å². The Morgan fingerprint density at radius 3 is 2.16 bits per heavy atom. The van der Waals surface area contributed by atoms with E-state index in [1.165, 1.54) is 0 Å². The summed E-state index contributed by atoms with van der Waals surface area (Å²) in [5, 5.41) is 10.5. The molecule has 1 atom stereocenters. The van der Waals surface area contributed by atoms with Gasteiger partial charge in [0.15, 0.2) is 0 Å². The monoisotopic (exact) mass is 420 g/mol. The molecule has 3 N–H and O–H groups in total. The van der Waals surface area contributed by atoms with E-state index in [2.05, 4.69) is 12.1 Å². The van der Waals surface area contributed by atoms with Gasteiger partial charge in [0.2, 0.25) is 5.91 Å². The minimum atomic E-state index is -0.747. The fraction of sp³-hybridized carbons (Fsp3) is 0.240. The highest BCUT2D eigenvalue weighted by Crippen LogP contribution is 2.23. The van der Waals surface area contributed by atoms with Crippen molar-refractivity contribution in [3.05, 3.63) is 78.9 Å². The second-order valence-electron chi connectivity index (χ2n) is 7.22. The lowest BCUT2D eigenvalue weighted by Gasteiger charge is -2.27. The van der Waals surface area contributed by atoms with E-state index in [0.717, 1.165) is 22.6 Å². The number of methoxy groups -OCH3 is 1. The third-order valence-electron chi connectivity index (χ3n) is 4.90. The van der Waals surface area contributed by atoms with Gasteiger partial charge in [-0.25, -0.2) is 0 Å².